The van der Waals surface area contributed by atoms with Crippen molar-refractivity contribution in [2.45, 2.75) is 33.1 Å². The quantitative estimate of drug-likeness (QED) is 0.603. The van der Waals surface area contributed by atoms with Crippen LogP contribution in [-0.4, -0.2) is 27.7 Å². The molecule has 0 amide bonds. The Hall–Kier alpha value is -2.61. The second-order valence-electron chi connectivity index (χ2n) is 6.21. The van der Waals surface area contributed by atoms with E-state index in [9.17, 15) is 28.4 Å². The third kappa shape index (κ3) is 5.19. The van der Waals surface area contributed by atoms with E-state index in [2.05, 4.69) is 0 Å². The molecule has 1 N–H and O–H groups in total. The average molecular weight is 368 g/mol. The molecular weight excluding hydrogens is 349 g/mol. The van der Waals surface area contributed by atoms with Crippen molar-refractivity contribution < 1.29 is 23.2 Å². The summed E-state index contributed by atoms with van der Waals surface area (Å²) < 4.78 is 38.9. The average Bonchev–Trinajstić information content (AvgIpc) is 2.51. The van der Waals surface area contributed by atoms with E-state index in [-0.39, 0.29) is 30.1 Å². The van der Waals surface area contributed by atoms with Gasteiger partial charge < -0.3 is 5.11 Å². The lowest BCUT2D eigenvalue weighted by Gasteiger charge is -2.24. The zero-order valence-corrected chi connectivity index (χ0v) is 14.4. The predicted molar refractivity (Wildman–Crippen MR) is 90.8 cm³/mol. The molecule has 0 radical (unpaired) electrons. The van der Waals surface area contributed by atoms with Crippen molar-refractivity contribution in [3.05, 3.63) is 68.8 Å². The van der Waals surface area contributed by atoms with Gasteiger partial charge >= 0.3 is 6.18 Å². The van der Waals surface area contributed by atoms with Crippen LogP contribution in [0.2, 0.25) is 0 Å². The van der Waals surface area contributed by atoms with Gasteiger partial charge in [-0.3, -0.25) is 15.0 Å². The number of benzene rings is 2. The summed E-state index contributed by atoms with van der Waals surface area (Å²) in [5.41, 5.74) is 1.97. The Morgan fingerprint density at radius 1 is 1.08 bits per heavy atom. The largest absolute Gasteiger partial charge is 0.508 e. The maximum absolute atomic E-state index is 13.0. The molecule has 8 heteroatoms. The van der Waals surface area contributed by atoms with Crippen LogP contribution in [0, 0.1) is 24.0 Å². The molecule has 0 atom stereocenters. The first kappa shape index (κ1) is 19.7. The molecule has 2 aromatic carbocycles. The number of hydrogen-bond donors (Lipinski definition) is 1. The number of nitrogens with zero attached hydrogens (tertiary/aromatic N) is 2. The fraction of sp³-hybridized carbons (Fsp3) is 0.333. The van der Waals surface area contributed by atoms with Crippen LogP contribution in [0.1, 0.15) is 22.3 Å². The molecule has 0 heterocycles. The lowest BCUT2D eigenvalue weighted by molar-refractivity contribution is -0.385. The van der Waals surface area contributed by atoms with Crippen LogP contribution in [0.3, 0.4) is 0 Å². The normalized spacial score (nSPS) is 11.8. The summed E-state index contributed by atoms with van der Waals surface area (Å²) in [5, 5.41) is 21.2. The van der Waals surface area contributed by atoms with Gasteiger partial charge in [0, 0.05) is 30.3 Å². The van der Waals surface area contributed by atoms with Crippen LogP contribution in [0.4, 0.5) is 18.9 Å². The summed E-state index contributed by atoms with van der Waals surface area (Å²) in [6.07, 6.45) is -4.47. The number of para-hydroxylation sites is 1. The maximum atomic E-state index is 13.0. The van der Waals surface area contributed by atoms with Gasteiger partial charge in [0.1, 0.15) is 5.75 Å². The van der Waals surface area contributed by atoms with E-state index in [4.69, 9.17) is 0 Å². The summed E-state index contributed by atoms with van der Waals surface area (Å²) in [7, 11) is 0. The highest BCUT2D eigenvalue weighted by molar-refractivity contribution is 5.42. The number of aryl methyl sites for hydroxylation is 2. The smallest absolute Gasteiger partial charge is 0.401 e. The Kier molecular flexibility index (Phi) is 5.86. The highest BCUT2D eigenvalue weighted by atomic mass is 19.4. The minimum absolute atomic E-state index is 0.0946. The molecule has 0 saturated heterocycles. The van der Waals surface area contributed by atoms with Gasteiger partial charge in [0.15, 0.2) is 0 Å². The fourth-order valence-corrected chi connectivity index (χ4v) is 2.71. The molecule has 2 rings (SSSR count). The van der Waals surface area contributed by atoms with Crippen LogP contribution in [-0.2, 0) is 13.1 Å². The number of aromatic hydroxyl groups is 1. The lowest BCUT2D eigenvalue weighted by atomic mass is 10.0. The monoisotopic (exact) mass is 368 g/mol. The lowest BCUT2D eigenvalue weighted by Crippen LogP contribution is -2.33. The number of phenols is 1. The minimum Gasteiger partial charge on any atom is -0.508 e. The molecule has 5 nitrogen and oxygen atoms in total. The zero-order valence-electron chi connectivity index (χ0n) is 14.4. The van der Waals surface area contributed by atoms with Gasteiger partial charge in [0.05, 0.1) is 11.5 Å². The number of nitro benzene ring substituents is 1. The van der Waals surface area contributed by atoms with Crippen LogP contribution < -0.4 is 0 Å². The molecule has 0 fully saturated rings. The molecule has 140 valence electrons. The first-order chi connectivity index (χ1) is 12.1. The Morgan fingerprint density at radius 3 is 2.27 bits per heavy atom. The summed E-state index contributed by atoms with van der Waals surface area (Å²) in [4.78, 5) is 11.5. The van der Waals surface area contributed by atoms with Crippen LogP contribution in [0.5, 0.6) is 5.75 Å². The standard InChI is InChI=1S/C18H19F3N2O3/c1-12-7-15(17(24)8-13(12)2)10-22(11-18(19,20)21)9-14-5-3-4-6-16(14)23(25)26/h3-8,24H,9-11H2,1-2H3. The van der Waals surface area contributed by atoms with Gasteiger partial charge in [-0.25, -0.2) is 0 Å². The summed E-state index contributed by atoms with van der Waals surface area (Å²) >= 11 is 0. The second-order valence-corrected chi connectivity index (χ2v) is 6.21. The number of nitro groups is 1. The van der Waals surface area contributed by atoms with Crippen molar-refractivity contribution in [1.29, 1.82) is 0 Å². The van der Waals surface area contributed by atoms with Crippen molar-refractivity contribution in [1.82, 2.24) is 4.90 Å². The molecule has 0 aromatic heterocycles. The SMILES string of the molecule is Cc1cc(O)c(CN(Cc2ccccc2[N+](=O)[O-])CC(F)(F)F)cc1C. The Balaban J connectivity index is 2.33. The highest BCUT2D eigenvalue weighted by Crippen LogP contribution is 2.28. The maximum Gasteiger partial charge on any atom is 0.401 e. The van der Waals surface area contributed by atoms with E-state index in [1.165, 1.54) is 24.3 Å². The zero-order chi connectivity index (χ0) is 19.5. The molecule has 0 spiro atoms. The van der Waals surface area contributed by atoms with E-state index < -0.39 is 17.6 Å². The molecule has 2 aromatic rings. The van der Waals surface area contributed by atoms with Crippen molar-refractivity contribution >= 4 is 5.69 Å². The van der Waals surface area contributed by atoms with Gasteiger partial charge in [-0.05, 0) is 31.0 Å². The van der Waals surface area contributed by atoms with E-state index in [0.717, 1.165) is 16.0 Å². The molecular formula is C18H19F3N2O3. The number of rotatable bonds is 6. The van der Waals surface area contributed by atoms with Crippen molar-refractivity contribution in [3.8, 4) is 5.75 Å². The van der Waals surface area contributed by atoms with E-state index in [0.29, 0.717) is 5.56 Å². The Labute approximate surface area is 148 Å². The van der Waals surface area contributed by atoms with Crippen molar-refractivity contribution in [2.24, 2.45) is 0 Å². The van der Waals surface area contributed by atoms with Gasteiger partial charge in [-0.15, -0.1) is 0 Å². The van der Waals surface area contributed by atoms with Crippen LogP contribution in [0.25, 0.3) is 0 Å². The second kappa shape index (κ2) is 7.74. The topological polar surface area (TPSA) is 66.6 Å². The third-order valence-electron chi connectivity index (χ3n) is 4.07. The van der Waals surface area contributed by atoms with E-state index in [1.807, 2.05) is 0 Å². The summed E-state index contributed by atoms with van der Waals surface area (Å²) in [6.45, 7) is 1.90. The molecule has 26 heavy (non-hydrogen) atoms. The molecule has 0 bridgehead atoms. The first-order valence-corrected chi connectivity index (χ1v) is 7.87. The van der Waals surface area contributed by atoms with Crippen LogP contribution in [0.15, 0.2) is 36.4 Å². The molecule has 0 unspecified atom stereocenters. The van der Waals surface area contributed by atoms with E-state index >= 15 is 0 Å². The van der Waals surface area contributed by atoms with Gasteiger partial charge in [0.25, 0.3) is 5.69 Å². The minimum atomic E-state index is -4.47. The predicted octanol–water partition coefficient (Wildman–Crippen LogP) is 4.48. The van der Waals surface area contributed by atoms with Crippen molar-refractivity contribution in [3.63, 3.8) is 0 Å². The molecule has 0 aliphatic rings. The van der Waals surface area contributed by atoms with E-state index in [1.54, 1.807) is 26.0 Å². The van der Waals surface area contributed by atoms with Crippen molar-refractivity contribution in [2.75, 3.05) is 6.54 Å². The molecule has 0 saturated carbocycles. The van der Waals surface area contributed by atoms with Gasteiger partial charge in [0.2, 0.25) is 0 Å². The summed E-state index contributed by atoms with van der Waals surface area (Å²) in [6, 6.07) is 8.83. The highest BCUT2D eigenvalue weighted by Gasteiger charge is 2.32. The van der Waals surface area contributed by atoms with Gasteiger partial charge in [-0.1, -0.05) is 24.3 Å². The molecule has 0 aliphatic heterocycles. The number of alkyl halides is 3. The first-order valence-electron chi connectivity index (χ1n) is 7.87. The number of phenolic OH excluding ortho intramolecular Hbond substituents is 1. The third-order valence-corrected chi connectivity index (χ3v) is 4.07. The fourth-order valence-electron chi connectivity index (χ4n) is 2.71. The number of hydrogen-bond acceptors (Lipinski definition) is 4. The van der Waals surface area contributed by atoms with Gasteiger partial charge in [-0.2, -0.15) is 13.2 Å². The molecule has 0 aliphatic carbocycles. The Morgan fingerprint density at radius 2 is 1.65 bits per heavy atom. The van der Waals surface area contributed by atoms with Crippen LogP contribution >= 0.6 is 0 Å². The summed E-state index contributed by atoms with van der Waals surface area (Å²) in [5.74, 6) is -0.0946. The Bertz CT molecular complexity index is 807. The number of halogens is 3.